The molecule has 1 aromatic heterocycles. The number of anilines is 1. The molecular weight excluding hydrogens is 210 g/mol. The van der Waals surface area contributed by atoms with Crippen LogP contribution < -0.4 is 4.90 Å². The van der Waals surface area contributed by atoms with Crippen LogP contribution in [0.2, 0.25) is 0 Å². The van der Waals surface area contributed by atoms with E-state index in [2.05, 4.69) is 41.7 Å². The monoisotopic (exact) mass is 231 g/mol. The topological polar surface area (TPSA) is 29.0 Å². The zero-order valence-corrected chi connectivity index (χ0v) is 11.2. The Labute approximate surface area is 103 Å². The van der Waals surface area contributed by atoms with Crippen LogP contribution in [-0.2, 0) is 6.42 Å². The van der Waals surface area contributed by atoms with E-state index in [1.165, 1.54) is 13.1 Å². The van der Waals surface area contributed by atoms with Crippen LogP contribution in [0.3, 0.4) is 0 Å². The second kappa shape index (κ2) is 3.44. The van der Waals surface area contributed by atoms with Gasteiger partial charge in [-0.25, -0.2) is 9.97 Å². The largest absolute Gasteiger partial charge is 0.356 e. The Bertz CT molecular complexity index is 439. The van der Waals surface area contributed by atoms with Crippen molar-refractivity contribution in [3.8, 4) is 0 Å². The molecule has 0 radical (unpaired) electrons. The smallest absolute Gasteiger partial charge is 0.132 e. The number of fused-ring (bicyclic) bond motifs is 1. The van der Waals surface area contributed by atoms with Gasteiger partial charge < -0.3 is 4.90 Å². The summed E-state index contributed by atoms with van der Waals surface area (Å²) in [6, 6.07) is 2.16. The van der Waals surface area contributed by atoms with E-state index in [4.69, 9.17) is 0 Å². The predicted octanol–water partition coefficient (Wildman–Crippen LogP) is 2.44. The van der Waals surface area contributed by atoms with Gasteiger partial charge in [0.25, 0.3) is 0 Å². The number of aromatic nitrogens is 2. The van der Waals surface area contributed by atoms with Crippen LogP contribution in [0.25, 0.3) is 0 Å². The average molecular weight is 231 g/mol. The normalized spacial score (nSPS) is 29.3. The molecule has 0 amide bonds. The molecule has 0 N–H and O–H groups in total. The zero-order chi connectivity index (χ0) is 12.2. The summed E-state index contributed by atoms with van der Waals surface area (Å²) < 4.78 is 0. The predicted molar refractivity (Wildman–Crippen MR) is 69.1 cm³/mol. The average Bonchev–Trinajstić information content (AvgIpc) is 2.70. The number of piperidine rings is 1. The van der Waals surface area contributed by atoms with E-state index in [-0.39, 0.29) is 0 Å². The Morgan fingerprint density at radius 1 is 1.29 bits per heavy atom. The van der Waals surface area contributed by atoms with Crippen molar-refractivity contribution < 1.29 is 0 Å². The first-order chi connectivity index (χ1) is 8.02. The van der Waals surface area contributed by atoms with Crippen molar-refractivity contribution in [1.29, 1.82) is 0 Å². The molecule has 92 valence electrons. The van der Waals surface area contributed by atoms with Gasteiger partial charge in [-0.15, -0.1) is 0 Å². The summed E-state index contributed by atoms with van der Waals surface area (Å²) in [7, 11) is 0. The van der Waals surface area contributed by atoms with Crippen LogP contribution in [0.1, 0.15) is 32.3 Å². The molecule has 2 heterocycles. The van der Waals surface area contributed by atoms with Crippen LogP contribution in [-0.4, -0.2) is 23.1 Å². The standard InChI is InChI=1S/C14H21N3/c1-5-10-6-13(16-9(2)15-10)17-7-11-12(8-17)14(11,3)4/h6,11-12H,5,7-8H2,1-4H3. The molecule has 2 fully saturated rings. The van der Waals surface area contributed by atoms with Gasteiger partial charge in [0.1, 0.15) is 11.6 Å². The van der Waals surface area contributed by atoms with Crippen molar-refractivity contribution >= 4 is 5.82 Å². The summed E-state index contributed by atoms with van der Waals surface area (Å²) in [5.41, 5.74) is 1.74. The molecule has 1 aliphatic carbocycles. The van der Waals surface area contributed by atoms with Gasteiger partial charge in [0, 0.05) is 24.8 Å². The van der Waals surface area contributed by atoms with Crippen molar-refractivity contribution in [3.63, 3.8) is 0 Å². The van der Waals surface area contributed by atoms with Gasteiger partial charge >= 0.3 is 0 Å². The molecule has 2 unspecified atom stereocenters. The number of hydrogen-bond donors (Lipinski definition) is 0. The fourth-order valence-electron chi connectivity index (χ4n) is 3.27. The fraction of sp³-hybridized carbons (Fsp3) is 0.714. The van der Waals surface area contributed by atoms with Gasteiger partial charge in [-0.2, -0.15) is 0 Å². The molecule has 3 rings (SSSR count). The lowest BCUT2D eigenvalue weighted by Gasteiger charge is -2.23. The van der Waals surface area contributed by atoms with Crippen molar-refractivity contribution in [2.75, 3.05) is 18.0 Å². The third-order valence-electron chi connectivity index (χ3n) is 4.69. The molecule has 1 saturated carbocycles. The van der Waals surface area contributed by atoms with Crippen LogP contribution >= 0.6 is 0 Å². The summed E-state index contributed by atoms with van der Waals surface area (Å²) >= 11 is 0. The zero-order valence-electron chi connectivity index (χ0n) is 11.2. The molecule has 3 nitrogen and oxygen atoms in total. The molecule has 0 bridgehead atoms. The molecule has 1 aromatic rings. The van der Waals surface area contributed by atoms with E-state index in [0.29, 0.717) is 5.41 Å². The van der Waals surface area contributed by atoms with Crippen LogP contribution in [0.4, 0.5) is 5.82 Å². The number of hydrogen-bond acceptors (Lipinski definition) is 3. The Hall–Kier alpha value is -1.12. The van der Waals surface area contributed by atoms with E-state index in [9.17, 15) is 0 Å². The highest BCUT2D eigenvalue weighted by molar-refractivity contribution is 5.44. The maximum absolute atomic E-state index is 4.58. The summed E-state index contributed by atoms with van der Waals surface area (Å²) in [5, 5.41) is 0. The lowest BCUT2D eigenvalue weighted by atomic mass is 10.1. The minimum absolute atomic E-state index is 0.576. The highest BCUT2D eigenvalue weighted by Crippen LogP contribution is 2.62. The first kappa shape index (κ1) is 11.0. The summed E-state index contributed by atoms with van der Waals surface area (Å²) in [5.74, 6) is 3.79. The Morgan fingerprint density at radius 3 is 2.53 bits per heavy atom. The van der Waals surface area contributed by atoms with Crippen LogP contribution in [0.5, 0.6) is 0 Å². The molecule has 1 aliphatic heterocycles. The highest BCUT2D eigenvalue weighted by Gasteiger charge is 2.62. The Morgan fingerprint density at radius 2 is 1.94 bits per heavy atom. The molecule has 0 aromatic carbocycles. The van der Waals surface area contributed by atoms with E-state index < -0.39 is 0 Å². The summed E-state index contributed by atoms with van der Waals surface area (Å²) in [4.78, 5) is 11.5. The van der Waals surface area contributed by atoms with E-state index in [1.54, 1.807) is 0 Å². The Balaban J connectivity index is 1.81. The fourth-order valence-corrected chi connectivity index (χ4v) is 3.27. The SMILES string of the molecule is CCc1cc(N2CC3C(C2)C3(C)C)nc(C)n1. The van der Waals surface area contributed by atoms with Crippen LogP contribution in [0, 0.1) is 24.2 Å². The lowest BCUT2D eigenvalue weighted by Crippen LogP contribution is -2.27. The second-order valence-electron chi connectivity index (χ2n) is 6.06. The first-order valence-electron chi connectivity index (χ1n) is 6.62. The minimum atomic E-state index is 0.576. The third-order valence-corrected chi connectivity index (χ3v) is 4.69. The quantitative estimate of drug-likeness (QED) is 0.783. The molecule has 17 heavy (non-hydrogen) atoms. The molecule has 3 heteroatoms. The van der Waals surface area contributed by atoms with Crippen molar-refractivity contribution in [3.05, 3.63) is 17.6 Å². The maximum Gasteiger partial charge on any atom is 0.132 e. The molecule has 1 saturated heterocycles. The van der Waals surface area contributed by atoms with E-state index >= 15 is 0 Å². The summed E-state index contributed by atoms with van der Waals surface area (Å²) in [6.45, 7) is 11.3. The van der Waals surface area contributed by atoms with Gasteiger partial charge in [0.05, 0.1) is 0 Å². The van der Waals surface area contributed by atoms with Gasteiger partial charge in [0.15, 0.2) is 0 Å². The van der Waals surface area contributed by atoms with Gasteiger partial charge in [-0.1, -0.05) is 20.8 Å². The van der Waals surface area contributed by atoms with Crippen LogP contribution in [0.15, 0.2) is 6.07 Å². The number of rotatable bonds is 2. The van der Waals surface area contributed by atoms with Crippen molar-refractivity contribution in [1.82, 2.24) is 9.97 Å². The van der Waals surface area contributed by atoms with Crippen molar-refractivity contribution in [2.45, 2.75) is 34.1 Å². The van der Waals surface area contributed by atoms with E-state index in [0.717, 1.165) is 35.6 Å². The maximum atomic E-state index is 4.58. The molecular formula is C14H21N3. The van der Waals surface area contributed by atoms with Gasteiger partial charge in [0.2, 0.25) is 0 Å². The third kappa shape index (κ3) is 1.63. The van der Waals surface area contributed by atoms with Gasteiger partial charge in [-0.3, -0.25) is 0 Å². The number of nitrogens with zero attached hydrogens (tertiary/aromatic N) is 3. The van der Waals surface area contributed by atoms with Gasteiger partial charge in [-0.05, 0) is 30.6 Å². The molecule has 0 spiro atoms. The first-order valence-corrected chi connectivity index (χ1v) is 6.62. The number of aryl methyl sites for hydroxylation is 2. The Kier molecular flexibility index (Phi) is 2.22. The summed E-state index contributed by atoms with van der Waals surface area (Å²) in [6.07, 6.45) is 0.989. The lowest BCUT2D eigenvalue weighted by molar-refractivity contribution is 0.498. The molecule has 2 atom stereocenters. The van der Waals surface area contributed by atoms with Crippen molar-refractivity contribution in [2.24, 2.45) is 17.3 Å². The highest BCUT2D eigenvalue weighted by atomic mass is 15.2. The molecule has 2 aliphatic rings. The van der Waals surface area contributed by atoms with E-state index in [1.807, 2.05) is 6.92 Å². The second-order valence-corrected chi connectivity index (χ2v) is 6.06. The minimum Gasteiger partial charge on any atom is -0.356 e.